The fourth-order valence-corrected chi connectivity index (χ4v) is 3.85. The topological polar surface area (TPSA) is 51.9 Å². The van der Waals surface area contributed by atoms with Crippen molar-refractivity contribution in [3.05, 3.63) is 53.3 Å². The van der Waals surface area contributed by atoms with Crippen molar-refractivity contribution in [2.45, 2.75) is 26.2 Å². The van der Waals surface area contributed by atoms with Gasteiger partial charge in [0.05, 0.1) is 32.6 Å². The molecule has 0 atom stereocenters. The summed E-state index contributed by atoms with van der Waals surface area (Å²) in [6.45, 7) is 2.79. The second-order valence-electron chi connectivity index (χ2n) is 6.86. The van der Waals surface area contributed by atoms with Crippen LogP contribution in [0, 0.1) is 6.92 Å². The first-order valence-electron chi connectivity index (χ1n) is 9.13. The number of carbonyl (C=O) groups excluding carboxylic acids is 1. The summed E-state index contributed by atoms with van der Waals surface area (Å²) in [5, 5.41) is 0.942. The van der Waals surface area contributed by atoms with Crippen LogP contribution in [0.2, 0.25) is 0 Å². The quantitative estimate of drug-likeness (QED) is 0.692. The van der Waals surface area contributed by atoms with Gasteiger partial charge in [0.2, 0.25) is 5.91 Å². The third-order valence-electron chi connectivity index (χ3n) is 5.28. The Morgan fingerprint density at radius 1 is 1.19 bits per heavy atom. The third-order valence-corrected chi connectivity index (χ3v) is 5.28. The number of nitrogens with zero attached hydrogens (tertiary/aromatic N) is 1. The van der Waals surface area contributed by atoms with Crippen molar-refractivity contribution in [1.29, 1.82) is 0 Å². The van der Waals surface area contributed by atoms with Crippen molar-refractivity contribution in [1.82, 2.24) is 0 Å². The number of carbonyl (C=O) groups is 1. The van der Waals surface area contributed by atoms with Crippen LogP contribution >= 0.6 is 0 Å². The maximum Gasteiger partial charge on any atom is 0.231 e. The maximum atomic E-state index is 13.2. The first-order chi connectivity index (χ1) is 13.1. The Balaban J connectivity index is 1.67. The zero-order valence-electron chi connectivity index (χ0n) is 15.9. The highest BCUT2D eigenvalue weighted by Gasteiger charge is 2.27. The molecule has 140 valence electrons. The monoisotopic (exact) mass is 365 g/mol. The molecule has 1 aromatic heterocycles. The van der Waals surface area contributed by atoms with Crippen molar-refractivity contribution in [3.63, 3.8) is 0 Å². The molecule has 0 fully saturated rings. The van der Waals surface area contributed by atoms with E-state index in [-0.39, 0.29) is 12.3 Å². The standard InChI is InChI=1S/C22H23NO4/c1-14-6-9-19(26-3)22-17(14)5-4-10-23(22)21(24)11-15-13-27-20-12-16(25-2)7-8-18(15)20/h6-9,12-13H,4-5,10-11H2,1-3H3. The van der Waals surface area contributed by atoms with Crippen LogP contribution in [-0.2, 0) is 17.6 Å². The van der Waals surface area contributed by atoms with E-state index in [9.17, 15) is 4.79 Å². The highest BCUT2D eigenvalue weighted by molar-refractivity contribution is 5.99. The Morgan fingerprint density at radius 3 is 2.81 bits per heavy atom. The van der Waals surface area contributed by atoms with Crippen LogP contribution in [0.3, 0.4) is 0 Å². The molecule has 1 aliphatic rings. The molecule has 1 aliphatic heterocycles. The molecular weight excluding hydrogens is 342 g/mol. The summed E-state index contributed by atoms with van der Waals surface area (Å²) in [6, 6.07) is 9.66. The van der Waals surface area contributed by atoms with Crippen molar-refractivity contribution in [3.8, 4) is 11.5 Å². The van der Waals surface area contributed by atoms with Gasteiger partial charge in [-0.3, -0.25) is 4.79 Å². The summed E-state index contributed by atoms with van der Waals surface area (Å²) in [7, 11) is 3.27. The zero-order valence-corrected chi connectivity index (χ0v) is 15.9. The van der Waals surface area contributed by atoms with Crippen molar-refractivity contribution in [2.75, 3.05) is 25.7 Å². The SMILES string of the molecule is COc1ccc2c(CC(=O)N3CCCc4c(C)ccc(OC)c43)coc2c1. The van der Waals surface area contributed by atoms with Gasteiger partial charge < -0.3 is 18.8 Å². The van der Waals surface area contributed by atoms with E-state index in [0.29, 0.717) is 6.54 Å². The minimum Gasteiger partial charge on any atom is -0.497 e. The van der Waals surface area contributed by atoms with Crippen LogP contribution in [0.5, 0.6) is 11.5 Å². The van der Waals surface area contributed by atoms with E-state index in [0.717, 1.165) is 46.6 Å². The smallest absolute Gasteiger partial charge is 0.231 e. The highest BCUT2D eigenvalue weighted by Crippen LogP contribution is 2.38. The fraction of sp³-hybridized carbons (Fsp3) is 0.318. The molecule has 4 rings (SSSR count). The lowest BCUT2D eigenvalue weighted by molar-refractivity contribution is -0.118. The third kappa shape index (κ3) is 3.03. The number of rotatable bonds is 4. The van der Waals surface area contributed by atoms with Crippen LogP contribution in [0.4, 0.5) is 5.69 Å². The van der Waals surface area contributed by atoms with Gasteiger partial charge in [0.25, 0.3) is 0 Å². The number of hydrogen-bond donors (Lipinski definition) is 0. The number of furan rings is 1. The molecule has 0 aliphatic carbocycles. The van der Waals surface area contributed by atoms with E-state index < -0.39 is 0 Å². The Hall–Kier alpha value is -2.95. The summed E-state index contributed by atoms with van der Waals surface area (Å²) in [5.41, 5.74) is 4.93. The van der Waals surface area contributed by atoms with Crippen molar-refractivity contribution >= 4 is 22.6 Å². The van der Waals surface area contributed by atoms with Gasteiger partial charge >= 0.3 is 0 Å². The van der Waals surface area contributed by atoms with Gasteiger partial charge in [-0.15, -0.1) is 0 Å². The lowest BCUT2D eigenvalue weighted by atomic mass is 9.95. The average Bonchev–Trinajstić information content (AvgIpc) is 3.10. The van der Waals surface area contributed by atoms with Gasteiger partial charge in [0, 0.05) is 23.6 Å². The minimum atomic E-state index is 0.0540. The first kappa shape index (κ1) is 17.5. The van der Waals surface area contributed by atoms with Crippen LogP contribution in [-0.4, -0.2) is 26.7 Å². The summed E-state index contributed by atoms with van der Waals surface area (Å²) in [4.78, 5) is 15.0. The highest BCUT2D eigenvalue weighted by atomic mass is 16.5. The van der Waals surface area contributed by atoms with Gasteiger partial charge in [-0.05, 0) is 49.1 Å². The summed E-state index contributed by atoms with van der Waals surface area (Å²) in [5.74, 6) is 1.55. The number of fused-ring (bicyclic) bond motifs is 2. The molecule has 0 saturated carbocycles. The van der Waals surface area contributed by atoms with Crippen LogP contribution in [0.25, 0.3) is 11.0 Å². The molecule has 27 heavy (non-hydrogen) atoms. The molecule has 5 heteroatoms. The van der Waals surface area contributed by atoms with Gasteiger partial charge in [-0.25, -0.2) is 0 Å². The molecule has 3 aromatic rings. The van der Waals surface area contributed by atoms with Crippen LogP contribution in [0.1, 0.15) is 23.1 Å². The average molecular weight is 365 g/mol. The number of hydrogen-bond acceptors (Lipinski definition) is 4. The summed E-state index contributed by atoms with van der Waals surface area (Å²) < 4.78 is 16.4. The molecule has 0 unspecified atom stereocenters. The number of methoxy groups -OCH3 is 2. The molecule has 0 N–H and O–H groups in total. The predicted molar refractivity (Wildman–Crippen MR) is 105 cm³/mol. The van der Waals surface area contributed by atoms with E-state index in [2.05, 4.69) is 13.0 Å². The van der Waals surface area contributed by atoms with E-state index >= 15 is 0 Å². The Bertz CT molecular complexity index is 1000. The van der Waals surface area contributed by atoms with Crippen LogP contribution in [0.15, 0.2) is 41.0 Å². The summed E-state index contributed by atoms with van der Waals surface area (Å²) >= 11 is 0. The molecule has 0 bridgehead atoms. The largest absolute Gasteiger partial charge is 0.497 e. The predicted octanol–water partition coefficient (Wildman–Crippen LogP) is 4.28. The molecule has 1 amide bonds. The van der Waals surface area contributed by atoms with E-state index in [1.165, 1.54) is 11.1 Å². The van der Waals surface area contributed by atoms with Gasteiger partial charge in [-0.1, -0.05) is 6.07 Å². The Morgan fingerprint density at radius 2 is 2.04 bits per heavy atom. The Labute approximate surface area is 158 Å². The van der Waals surface area contributed by atoms with Gasteiger partial charge in [0.1, 0.15) is 17.1 Å². The van der Waals surface area contributed by atoms with E-state index in [4.69, 9.17) is 13.9 Å². The first-order valence-corrected chi connectivity index (χ1v) is 9.13. The number of anilines is 1. The number of amides is 1. The lowest BCUT2D eigenvalue weighted by Gasteiger charge is -2.32. The van der Waals surface area contributed by atoms with Gasteiger partial charge in [0.15, 0.2) is 0 Å². The normalized spacial score (nSPS) is 13.5. The van der Waals surface area contributed by atoms with Crippen molar-refractivity contribution < 1.29 is 18.7 Å². The maximum absolute atomic E-state index is 13.2. The second-order valence-corrected chi connectivity index (χ2v) is 6.86. The Kier molecular flexibility index (Phi) is 4.52. The zero-order chi connectivity index (χ0) is 19.0. The van der Waals surface area contributed by atoms with Crippen molar-refractivity contribution in [2.24, 2.45) is 0 Å². The molecule has 2 aromatic carbocycles. The van der Waals surface area contributed by atoms with E-state index in [1.54, 1.807) is 20.5 Å². The second kappa shape index (κ2) is 6.99. The lowest BCUT2D eigenvalue weighted by Crippen LogP contribution is -2.37. The molecule has 0 saturated heterocycles. The fourth-order valence-electron chi connectivity index (χ4n) is 3.85. The van der Waals surface area contributed by atoms with E-state index in [1.807, 2.05) is 29.2 Å². The number of benzene rings is 2. The molecule has 0 spiro atoms. The number of aryl methyl sites for hydroxylation is 1. The van der Waals surface area contributed by atoms with Gasteiger partial charge in [-0.2, -0.15) is 0 Å². The summed E-state index contributed by atoms with van der Waals surface area (Å²) in [6.07, 6.45) is 3.88. The molecule has 0 radical (unpaired) electrons. The minimum absolute atomic E-state index is 0.0540. The number of ether oxygens (including phenoxy) is 2. The molecular formula is C22H23NO4. The molecule has 5 nitrogen and oxygen atoms in total. The molecule has 2 heterocycles. The van der Waals surface area contributed by atoms with Crippen LogP contribution < -0.4 is 14.4 Å².